The third-order valence-electron chi connectivity index (χ3n) is 5.30. The van der Waals surface area contributed by atoms with Gasteiger partial charge >= 0.3 is 0 Å². The van der Waals surface area contributed by atoms with Crippen molar-refractivity contribution >= 4 is 34.6 Å². The second kappa shape index (κ2) is 9.30. The van der Waals surface area contributed by atoms with Gasteiger partial charge in [-0.3, -0.25) is 19.7 Å². The van der Waals surface area contributed by atoms with Gasteiger partial charge in [0, 0.05) is 41.7 Å². The lowest BCUT2D eigenvalue weighted by Gasteiger charge is -2.17. The van der Waals surface area contributed by atoms with Gasteiger partial charge in [-0.15, -0.1) is 0 Å². The molecular weight excluding hydrogens is 408 g/mol. The quantitative estimate of drug-likeness (QED) is 0.436. The van der Waals surface area contributed by atoms with E-state index >= 15 is 0 Å². The first-order valence-electron chi connectivity index (χ1n) is 10.3. The average molecular weight is 430 g/mol. The molecule has 0 saturated carbocycles. The number of carbonyl (C=O) groups is 2. The number of amides is 2. The Balaban J connectivity index is 1.49. The monoisotopic (exact) mass is 430 g/mol. The van der Waals surface area contributed by atoms with Crippen molar-refractivity contribution in [2.24, 2.45) is 0 Å². The summed E-state index contributed by atoms with van der Waals surface area (Å²) < 4.78 is 0. The SMILES string of the molecule is O=C(Nc1cccc(NC(=O)c2ccc(N3CCCC3)c([N+](=O)[O-])c2)c1)c1ccccc1. The molecule has 2 amide bonds. The highest BCUT2D eigenvalue weighted by Crippen LogP contribution is 2.32. The van der Waals surface area contributed by atoms with Gasteiger partial charge in [-0.2, -0.15) is 0 Å². The zero-order valence-corrected chi connectivity index (χ0v) is 17.3. The number of hydrogen-bond acceptors (Lipinski definition) is 5. The Morgan fingerprint density at radius 3 is 2.03 bits per heavy atom. The molecule has 2 N–H and O–H groups in total. The molecule has 0 aromatic heterocycles. The number of carbonyl (C=O) groups excluding carboxylic acids is 2. The molecular formula is C24H22N4O4. The minimum atomic E-state index is -0.465. The number of nitrogens with one attached hydrogen (secondary N) is 2. The van der Waals surface area contributed by atoms with Gasteiger partial charge in [0.05, 0.1) is 4.92 Å². The Morgan fingerprint density at radius 1 is 0.781 bits per heavy atom. The van der Waals surface area contributed by atoms with E-state index in [2.05, 4.69) is 10.6 Å². The number of hydrogen-bond donors (Lipinski definition) is 2. The van der Waals surface area contributed by atoms with E-state index in [1.54, 1.807) is 60.7 Å². The van der Waals surface area contributed by atoms with Gasteiger partial charge in [-0.05, 0) is 55.3 Å². The molecule has 1 saturated heterocycles. The molecule has 8 heteroatoms. The number of nitro groups is 1. The third kappa shape index (κ3) is 4.75. The highest BCUT2D eigenvalue weighted by atomic mass is 16.6. The van der Waals surface area contributed by atoms with Crippen molar-refractivity contribution in [3.05, 3.63) is 94.0 Å². The highest BCUT2D eigenvalue weighted by molar-refractivity contribution is 6.07. The van der Waals surface area contributed by atoms with E-state index in [1.807, 2.05) is 11.0 Å². The van der Waals surface area contributed by atoms with Crippen LogP contribution in [0.5, 0.6) is 0 Å². The van der Waals surface area contributed by atoms with Crippen molar-refractivity contribution in [2.75, 3.05) is 28.6 Å². The second-order valence-corrected chi connectivity index (χ2v) is 7.51. The number of nitro benzene ring substituents is 1. The highest BCUT2D eigenvalue weighted by Gasteiger charge is 2.24. The minimum absolute atomic E-state index is 0.0802. The van der Waals surface area contributed by atoms with Crippen LogP contribution < -0.4 is 15.5 Å². The number of rotatable bonds is 6. The van der Waals surface area contributed by atoms with Crippen LogP contribution in [0.1, 0.15) is 33.6 Å². The first kappa shape index (κ1) is 21.0. The van der Waals surface area contributed by atoms with Crippen LogP contribution in [0.25, 0.3) is 0 Å². The predicted octanol–water partition coefficient (Wildman–Crippen LogP) is 4.70. The van der Waals surface area contributed by atoms with Gasteiger partial charge in [0.2, 0.25) is 0 Å². The summed E-state index contributed by atoms with van der Waals surface area (Å²) in [6, 6.07) is 20.1. The summed E-state index contributed by atoms with van der Waals surface area (Å²) in [6.07, 6.45) is 1.99. The molecule has 0 bridgehead atoms. The smallest absolute Gasteiger partial charge is 0.293 e. The van der Waals surface area contributed by atoms with Crippen molar-refractivity contribution < 1.29 is 14.5 Å². The lowest BCUT2D eigenvalue weighted by molar-refractivity contribution is -0.384. The largest absolute Gasteiger partial charge is 0.366 e. The zero-order chi connectivity index (χ0) is 22.5. The summed E-state index contributed by atoms with van der Waals surface area (Å²) >= 11 is 0. The molecule has 32 heavy (non-hydrogen) atoms. The summed E-state index contributed by atoms with van der Waals surface area (Å²) in [5.41, 5.74) is 2.16. The van der Waals surface area contributed by atoms with Gasteiger partial charge < -0.3 is 15.5 Å². The lowest BCUT2D eigenvalue weighted by Crippen LogP contribution is -2.20. The van der Waals surface area contributed by atoms with Crippen molar-refractivity contribution in [3.63, 3.8) is 0 Å². The van der Waals surface area contributed by atoms with E-state index in [1.165, 1.54) is 6.07 Å². The third-order valence-corrected chi connectivity index (χ3v) is 5.30. The molecule has 1 aliphatic rings. The summed E-state index contributed by atoms with van der Waals surface area (Å²) in [6.45, 7) is 1.54. The van der Waals surface area contributed by atoms with Gasteiger partial charge in [0.15, 0.2) is 0 Å². The van der Waals surface area contributed by atoms with Crippen LogP contribution >= 0.6 is 0 Å². The Kier molecular flexibility index (Phi) is 6.12. The molecule has 4 rings (SSSR count). The topological polar surface area (TPSA) is 105 Å². The van der Waals surface area contributed by atoms with Crippen molar-refractivity contribution in [2.45, 2.75) is 12.8 Å². The Morgan fingerprint density at radius 2 is 1.41 bits per heavy atom. The van der Waals surface area contributed by atoms with Crippen LogP contribution in [0.2, 0.25) is 0 Å². The molecule has 0 unspecified atom stereocenters. The van der Waals surface area contributed by atoms with Crippen molar-refractivity contribution in [1.29, 1.82) is 0 Å². The fourth-order valence-electron chi connectivity index (χ4n) is 3.71. The summed E-state index contributed by atoms with van der Waals surface area (Å²) in [5, 5.41) is 17.1. The van der Waals surface area contributed by atoms with E-state index < -0.39 is 10.8 Å². The van der Waals surface area contributed by atoms with Crippen LogP contribution in [0.3, 0.4) is 0 Å². The van der Waals surface area contributed by atoms with E-state index in [9.17, 15) is 19.7 Å². The fraction of sp³-hybridized carbons (Fsp3) is 0.167. The molecule has 3 aromatic carbocycles. The maximum atomic E-state index is 12.7. The molecule has 162 valence electrons. The van der Waals surface area contributed by atoms with E-state index in [0.29, 0.717) is 22.6 Å². The summed E-state index contributed by atoms with van der Waals surface area (Å²) in [4.78, 5) is 38.2. The zero-order valence-electron chi connectivity index (χ0n) is 17.3. The molecule has 1 heterocycles. The molecule has 8 nitrogen and oxygen atoms in total. The van der Waals surface area contributed by atoms with E-state index in [-0.39, 0.29) is 17.2 Å². The van der Waals surface area contributed by atoms with E-state index in [4.69, 9.17) is 0 Å². The molecule has 0 atom stereocenters. The molecule has 1 aliphatic heterocycles. The number of benzene rings is 3. The van der Waals surface area contributed by atoms with Crippen molar-refractivity contribution in [3.8, 4) is 0 Å². The van der Waals surface area contributed by atoms with Crippen LogP contribution in [0, 0.1) is 10.1 Å². The summed E-state index contributed by atoms with van der Waals surface area (Å²) in [7, 11) is 0. The molecule has 1 fully saturated rings. The Bertz CT molecular complexity index is 1160. The molecule has 0 radical (unpaired) electrons. The van der Waals surface area contributed by atoms with Crippen LogP contribution in [-0.2, 0) is 0 Å². The summed E-state index contributed by atoms with van der Waals surface area (Å²) in [5.74, 6) is -0.727. The van der Waals surface area contributed by atoms with Gasteiger partial charge in [0.25, 0.3) is 17.5 Å². The Hall–Kier alpha value is -4.20. The Labute approximate surface area is 185 Å². The number of anilines is 3. The molecule has 0 aliphatic carbocycles. The lowest BCUT2D eigenvalue weighted by atomic mass is 10.1. The molecule has 0 spiro atoms. The minimum Gasteiger partial charge on any atom is -0.366 e. The first-order chi connectivity index (χ1) is 15.5. The number of nitrogens with zero attached hydrogens (tertiary/aromatic N) is 2. The second-order valence-electron chi connectivity index (χ2n) is 7.51. The maximum Gasteiger partial charge on any atom is 0.293 e. The maximum absolute atomic E-state index is 12.7. The normalized spacial score (nSPS) is 12.9. The standard InChI is InChI=1S/C24H22N4O4/c29-23(17-7-2-1-3-8-17)25-19-9-6-10-20(16-19)26-24(30)18-11-12-21(22(15-18)28(31)32)27-13-4-5-14-27/h1-3,6-12,15-16H,4-5,13-14H2,(H,25,29)(H,26,30). The van der Waals surface area contributed by atoms with Crippen LogP contribution in [-0.4, -0.2) is 29.8 Å². The first-order valence-corrected chi connectivity index (χ1v) is 10.3. The average Bonchev–Trinajstić information content (AvgIpc) is 3.34. The fourth-order valence-corrected chi connectivity index (χ4v) is 3.71. The van der Waals surface area contributed by atoms with Gasteiger partial charge in [-0.1, -0.05) is 24.3 Å². The van der Waals surface area contributed by atoms with Gasteiger partial charge in [-0.25, -0.2) is 0 Å². The van der Waals surface area contributed by atoms with E-state index in [0.717, 1.165) is 25.9 Å². The van der Waals surface area contributed by atoms with Crippen molar-refractivity contribution in [1.82, 2.24) is 0 Å². The van der Waals surface area contributed by atoms with Gasteiger partial charge in [0.1, 0.15) is 5.69 Å². The molecule has 3 aromatic rings. The predicted molar refractivity (Wildman–Crippen MR) is 123 cm³/mol. The van der Waals surface area contributed by atoms with Crippen LogP contribution in [0.15, 0.2) is 72.8 Å². The van der Waals surface area contributed by atoms with Crippen LogP contribution in [0.4, 0.5) is 22.7 Å².